The van der Waals surface area contributed by atoms with Crippen LogP contribution in [0.3, 0.4) is 0 Å². The van der Waals surface area contributed by atoms with Crippen molar-refractivity contribution >= 4 is 23.2 Å². The molecule has 0 radical (unpaired) electrons. The van der Waals surface area contributed by atoms with Crippen LogP contribution in [0.4, 0.5) is 11.5 Å². The van der Waals surface area contributed by atoms with Gasteiger partial charge in [0.05, 0.1) is 0 Å². The SMILES string of the molecule is CCC1CCCCN1c1cc(C(=O)Nc2cccc(C(C)=O)c2)ncn1. The van der Waals surface area contributed by atoms with Crippen molar-refractivity contribution in [2.24, 2.45) is 0 Å². The van der Waals surface area contributed by atoms with E-state index in [9.17, 15) is 9.59 Å². The van der Waals surface area contributed by atoms with Crippen molar-refractivity contribution < 1.29 is 9.59 Å². The van der Waals surface area contributed by atoms with Crippen molar-refractivity contribution in [3.63, 3.8) is 0 Å². The molecule has 1 unspecified atom stereocenters. The third-order valence-corrected chi connectivity index (χ3v) is 4.80. The van der Waals surface area contributed by atoms with Gasteiger partial charge in [0.25, 0.3) is 5.91 Å². The highest BCUT2D eigenvalue weighted by Crippen LogP contribution is 2.25. The maximum Gasteiger partial charge on any atom is 0.274 e. The molecule has 6 heteroatoms. The van der Waals surface area contributed by atoms with Gasteiger partial charge in [0.1, 0.15) is 17.8 Å². The highest BCUT2D eigenvalue weighted by atomic mass is 16.2. The Hall–Kier alpha value is -2.76. The second kappa shape index (κ2) is 8.08. The van der Waals surface area contributed by atoms with Crippen LogP contribution in [0.15, 0.2) is 36.7 Å². The Balaban J connectivity index is 1.78. The Kier molecular flexibility index (Phi) is 5.61. The number of amides is 1. The lowest BCUT2D eigenvalue weighted by Gasteiger charge is -2.36. The Labute approximate surface area is 153 Å². The molecule has 1 saturated heterocycles. The van der Waals surface area contributed by atoms with Crippen LogP contribution < -0.4 is 10.2 Å². The predicted molar refractivity (Wildman–Crippen MR) is 102 cm³/mol. The van der Waals surface area contributed by atoms with Crippen LogP contribution in [0, 0.1) is 0 Å². The number of nitrogens with zero attached hydrogens (tertiary/aromatic N) is 3. The number of nitrogens with one attached hydrogen (secondary N) is 1. The van der Waals surface area contributed by atoms with E-state index in [0.717, 1.165) is 31.6 Å². The van der Waals surface area contributed by atoms with Gasteiger partial charge in [0.2, 0.25) is 0 Å². The van der Waals surface area contributed by atoms with Crippen molar-refractivity contribution in [3.8, 4) is 0 Å². The molecule has 1 aliphatic rings. The molecular formula is C20H24N4O2. The quantitative estimate of drug-likeness (QED) is 0.831. The van der Waals surface area contributed by atoms with E-state index in [1.807, 2.05) is 0 Å². The first kappa shape index (κ1) is 18.0. The number of aromatic nitrogens is 2. The summed E-state index contributed by atoms with van der Waals surface area (Å²) in [5, 5.41) is 2.81. The van der Waals surface area contributed by atoms with Crippen LogP contribution in [0.2, 0.25) is 0 Å². The zero-order chi connectivity index (χ0) is 18.5. The Morgan fingerprint density at radius 1 is 1.23 bits per heavy atom. The molecule has 1 N–H and O–H groups in total. The Bertz CT molecular complexity index is 806. The summed E-state index contributed by atoms with van der Waals surface area (Å²) < 4.78 is 0. The molecule has 1 aliphatic heterocycles. The highest BCUT2D eigenvalue weighted by molar-refractivity contribution is 6.04. The maximum atomic E-state index is 12.6. The Morgan fingerprint density at radius 2 is 2.08 bits per heavy atom. The van der Waals surface area contributed by atoms with E-state index in [0.29, 0.717) is 23.0 Å². The van der Waals surface area contributed by atoms with E-state index in [4.69, 9.17) is 0 Å². The minimum atomic E-state index is -0.306. The van der Waals surface area contributed by atoms with E-state index in [1.165, 1.54) is 19.7 Å². The van der Waals surface area contributed by atoms with E-state index < -0.39 is 0 Å². The minimum Gasteiger partial charge on any atom is -0.354 e. The van der Waals surface area contributed by atoms with E-state index in [2.05, 4.69) is 27.1 Å². The van der Waals surface area contributed by atoms with Crippen molar-refractivity contribution in [1.29, 1.82) is 0 Å². The summed E-state index contributed by atoms with van der Waals surface area (Å²) in [6, 6.07) is 9.10. The summed E-state index contributed by atoms with van der Waals surface area (Å²) in [4.78, 5) is 34.8. The van der Waals surface area contributed by atoms with Gasteiger partial charge in [-0.15, -0.1) is 0 Å². The fourth-order valence-corrected chi connectivity index (χ4v) is 3.37. The van der Waals surface area contributed by atoms with Crippen LogP contribution >= 0.6 is 0 Å². The largest absolute Gasteiger partial charge is 0.354 e. The molecule has 1 atom stereocenters. The fourth-order valence-electron chi connectivity index (χ4n) is 3.37. The number of benzene rings is 1. The molecule has 3 rings (SSSR count). The number of hydrogen-bond donors (Lipinski definition) is 1. The molecule has 1 fully saturated rings. The summed E-state index contributed by atoms with van der Waals surface area (Å²) >= 11 is 0. The summed E-state index contributed by atoms with van der Waals surface area (Å²) in [5.41, 5.74) is 1.46. The fraction of sp³-hybridized carbons (Fsp3) is 0.400. The third-order valence-electron chi connectivity index (χ3n) is 4.80. The first-order valence-corrected chi connectivity index (χ1v) is 9.09. The van der Waals surface area contributed by atoms with Gasteiger partial charge in [-0.05, 0) is 44.7 Å². The van der Waals surface area contributed by atoms with Crippen LogP contribution in [0.25, 0.3) is 0 Å². The summed E-state index contributed by atoms with van der Waals surface area (Å²) in [5.74, 6) is 0.453. The van der Waals surface area contributed by atoms with Crippen molar-refractivity contribution in [2.75, 3.05) is 16.8 Å². The molecule has 0 aliphatic carbocycles. The molecule has 26 heavy (non-hydrogen) atoms. The van der Waals surface area contributed by atoms with Gasteiger partial charge in [-0.25, -0.2) is 9.97 Å². The average Bonchev–Trinajstić information content (AvgIpc) is 2.68. The number of carbonyl (C=O) groups is 2. The monoisotopic (exact) mass is 352 g/mol. The van der Waals surface area contributed by atoms with Crippen LogP contribution in [-0.2, 0) is 0 Å². The van der Waals surface area contributed by atoms with E-state index in [-0.39, 0.29) is 11.7 Å². The van der Waals surface area contributed by atoms with E-state index >= 15 is 0 Å². The van der Waals surface area contributed by atoms with Crippen LogP contribution in [0.1, 0.15) is 60.4 Å². The first-order chi connectivity index (χ1) is 12.6. The molecule has 1 aromatic heterocycles. The summed E-state index contributed by atoms with van der Waals surface area (Å²) in [6.45, 7) is 4.64. The van der Waals surface area contributed by atoms with Gasteiger partial charge >= 0.3 is 0 Å². The number of rotatable bonds is 5. The number of anilines is 2. The Morgan fingerprint density at radius 3 is 2.85 bits per heavy atom. The second-order valence-corrected chi connectivity index (χ2v) is 6.60. The maximum absolute atomic E-state index is 12.6. The average molecular weight is 352 g/mol. The lowest BCUT2D eigenvalue weighted by atomic mass is 10.00. The first-order valence-electron chi connectivity index (χ1n) is 9.09. The molecule has 0 saturated carbocycles. The van der Waals surface area contributed by atoms with Crippen molar-refractivity contribution in [1.82, 2.24) is 9.97 Å². The normalized spacial score (nSPS) is 17.0. The molecule has 136 valence electrons. The topological polar surface area (TPSA) is 75.2 Å². The molecule has 1 amide bonds. The number of piperidine rings is 1. The molecule has 6 nitrogen and oxygen atoms in total. The third kappa shape index (κ3) is 4.07. The minimum absolute atomic E-state index is 0.0406. The standard InChI is InChI=1S/C20H24N4O2/c1-3-17-9-4-5-10-24(17)19-12-18(21-13-22-19)20(26)23-16-8-6-7-15(11-16)14(2)25/h6-8,11-13,17H,3-5,9-10H2,1-2H3,(H,23,26). The van der Waals surface area contributed by atoms with Gasteiger partial charge in [0.15, 0.2) is 5.78 Å². The van der Waals surface area contributed by atoms with Gasteiger partial charge < -0.3 is 10.2 Å². The molecule has 0 bridgehead atoms. The highest BCUT2D eigenvalue weighted by Gasteiger charge is 2.23. The van der Waals surface area contributed by atoms with Gasteiger partial charge in [-0.1, -0.05) is 19.1 Å². The lowest BCUT2D eigenvalue weighted by Crippen LogP contribution is -2.39. The zero-order valence-electron chi connectivity index (χ0n) is 15.2. The number of Topliss-reactive ketones (excluding diaryl/α,β-unsaturated/α-hetero) is 1. The lowest BCUT2D eigenvalue weighted by molar-refractivity contribution is 0.100. The van der Waals surface area contributed by atoms with Crippen LogP contribution in [0.5, 0.6) is 0 Å². The number of ketones is 1. The van der Waals surface area contributed by atoms with Gasteiger partial charge in [0, 0.05) is 29.9 Å². The second-order valence-electron chi connectivity index (χ2n) is 6.60. The number of hydrogen-bond acceptors (Lipinski definition) is 5. The van der Waals surface area contributed by atoms with Crippen LogP contribution in [-0.4, -0.2) is 34.2 Å². The van der Waals surface area contributed by atoms with Gasteiger partial charge in [-0.3, -0.25) is 9.59 Å². The summed E-state index contributed by atoms with van der Waals surface area (Å²) in [6.07, 6.45) is 6.03. The smallest absolute Gasteiger partial charge is 0.274 e. The molecule has 1 aromatic carbocycles. The predicted octanol–water partition coefficient (Wildman–Crippen LogP) is 3.70. The molecular weight excluding hydrogens is 328 g/mol. The van der Waals surface area contributed by atoms with Crippen molar-refractivity contribution in [3.05, 3.63) is 47.9 Å². The molecule has 2 aromatic rings. The molecule has 2 heterocycles. The zero-order valence-corrected chi connectivity index (χ0v) is 15.2. The van der Waals surface area contributed by atoms with Gasteiger partial charge in [-0.2, -0.15) is 0 Å². The summed E-state index contributed by atoms with van der Waals surface area (Å²) in [7, 11) is 0. The molecule has 0 spiro atoms. The van der Waals surface area contributed by atoms with Crippen molar-refractivity contribution in [2.45, 2.75) is 45.6 Å². The van der Waals surface area contributed by atoms with E-state index in [1.54, 1.807) is 30.3 Å². The number of carbonyl (C=O) groups excluding carboxylic acids is 2.